The number of hydrogen-bond acceptors (Lipinski definition) is 3. The summed E-state index contributed by atoms with van der Waals surface area (Å²) in [5.41, 5.74) is 0.952. The monoisotopic (exact) mass is 290 g/mol. The third-order valence-electron chi connectivity index (χ3n) is 2.70. The molecule has 18 heavy (non-hydrogen) atoms. The van der Waals surface area contributed by atoms with Gasteiger partial charge in [-0.1, -0.05) is 23.7 Å². The lowest BCUT2D eigenvalue weighted by molar-refractivity contribution is -0.121. The number of halogens is 2. The van der Waals surface area contributed by atoms with Crippen molar-refractivity contribution in [1.29, 1.82) is 0 Å². The Balaban J connectivity index is 0.00000162. The minimum Gasteiger partial charge on any atom is -0.492 e. The van der Waals surface area contributed by atoms with Crippen molar-refractivity contribution in [2.45, 2.75) is 12.5 Å². The van der Waals surface area contributed by atoms with Crippen molar-refractivity contribution in [2.75, 3.05) is 20.2 Å². The van der Waals surface area contributed by atoms with E-state index in [0.29, 0.717) is 23.9 Å². The van der Waals surface area contributed by atoms with Gasteiger partial charge in [-0.2, -0.15) is 0 Å². The second kappa shape index (κ2) is 6.83. The number of carbonyl (C=O) groups is 1. The Morgan fingerprint density at radius 3 is 3.06 bits per heavy atom. The van der Waals surface area contributed by atoms with Gasteiger partial charge in [0.15, 0.2) is 0 Å². The fraction of sp³-hybridized carbons (Fsp3) is 0.417. The summed E-state index contributed by atoms with van der Waals surface area (Å²) in [6, 6.07) is 5.58. The molecule has 0 spiro atoms. The van der Waals surface area contributed by atoms with E-state index < -0.39 is 0 Å². The number of para-hydroxylation sites is 1. The lowest BCUT2D eigenvalue weighted by atomic mass is 10.0. The highest BCUT2D eigenvalue weighted by Gasteiger charge is 2.24. The molecule has 0 saturated carbocycles. The van der Waals surface area contributed by atoms with Crippen LogP contribution in [0.2, 0.25) is 5.02 Å². The van der Waals surface area contributed by atoms with Crippen molar-refractivity contribution >= 4 is 29.9 Å². The van der Waals surface area contributed by atoms with Crippen LogP contribution >= 0.6 is 24.0 Å². The van der Waals surface area contributed by atoms with Gasteiger partial charge in [-0.25, -0.2) is 0 Å². The molecular weight excluding hydrogens is 275 g/mol. The first-order chi connectivity index (χ1) is 8.22. The van der Waals surface area contributed by atoms with Crippen LogP contribution in [0.4, 0.5) is 0 Å². The fourth-order valence-electron chi connectivity index (χ4n) is 1.94. The van der Waals surface area contributed by atoms with E-state index in [1.54, 1.807) is 13.1 Å². The Hall–Kier alpha value is -0.970. The Morgan fingerprint density at radius 1 is 1.56 bits per heavy atom. The highest BCUT2D eigenvalue weighted by atomic mass is 35.5. The number of likely N-dealkylation sites (N-methyl/N-ethyl adjacent to an activating group) is 1. The number of fused-ring (bicyclic) bond motifs is 1. The second-order valence-corrected chi connectivity index (χ2v) is 4.35. The molecule has 1 unspecified atom stereocenters. The smallest absolute Gasteiger partial charge is 0.234 e. The number of hydrogen-bond donors (Lipinski definition) is 2. The van der Waals surface area contributed by atoms with Crippen LogP contribution in [-0.4, -0.2) is 26.1 Å². The third kappa shape index (κ3) is 3.28. The summed E-state index contributed by atoms with van der Waals surface area (Å²) in [6.45, 7) is 0.883. The molecule has 0 radical (unpaired) electrons. The third-order valence-corrected chi connectivity index (χ3v) is 3.00. The van der Waals surface area contributed by atoms with Crippen LogP contribution in [0.25, 0.3) is 0 Å². The van der Waals surface area contributed by atoms with Crippen LogP contribution in [-0.2, 0) is 4.79 Å². The molecule has 1 aromatic rings. The molecule has 0 aliphatic carbocycles. The molecule has 1 aromatic carbocycles. The van der Waals surface area contributed by atoms with Crippen molar-refractivity contribution in [3.05, 3.63) is 28.8 Å². The van der Waals surface area contributed by atoms with Gasteiger partial charge in [0.05, 0.1) is 24.2 Å². The first-order valence-electron chi connectivity index (χ1n) is 5.57. The standard InChI is InChI=1S/C12H15ClN2O2.ClH/c1-14-7-11(16)15-10-5-6-17-12-8(10)3-2-4-9(12)13;/h2-4,10,14H,5-7H2,1H3,(H,15,16);1H. The number of benzene rings is 1. The van der Waals surface area contributed by atoms with Gasteiger partial charge < -0.3 is 15.4 Å². The van der Waals surface area contributed by atoms with Gasteiger partial charge in [0.2, 0.25) is 5.91 Å². The SMILES string of the molecule is CNCC(=O)NC1CCOc2c(Cl)cccc21.Cl. The minimum atomic E-state index is -0.0228. The average Bonchev–Trinajstić information content (AvgIpc) is 2.31. The van der Waals surface area contributed by atoms with Crippen LogP contribution in [0, 0.1) is 0 Å². The molecule has 0 aromatic heterocycles. The van der Waals surface area contributed by atoms with E-state index in [-0.39, 0.29) is 24.4 Å². The van der Waals surface area contributed by atoms with E-state index >= 15 is 0 Å². The topological polar surface area (TPSA) is 50.4 Å². The lowest BCUT2D eigenvalue weighted by Crippen LogP contribution is -2.37. The summed E-state index contributed by atoms with van der Waals surface area (Å²) in [5, 5.41) is 6.38. The Bertz CT molecular complexity index is 427. The van der Waals surface area contributed by atoms with Gasteiger partial charge in [0.25, 0.3) is 0 Å². The molecular formula is C12H16Cl2N2O2. The molecule has 1 aliphatic rings. The van der Waals surface area contributed by atoms with Crippen LogP contribution in [0.15, 0.2) is 18.2 Å². The summed E-state index contributed by atoms with van der Waals surface area (Å²) in [7, 11) is 1.74. The highest BCUT2D eigenvalue weighted by molar-refractivity contribution is 6.32. The van der Waals surface area contributed by atoms with Gasteiger partial charge >= 0.3 is 0 Å². The summed E-state index contributed by atoms with van der Waals surface area (Å²) >= 11 is 6.06. The van der Waals surface area contributed by atoms with Gasteiger partial charge in [0, 0.05) is 12.0 Å². The van der Waals surface area contributed by atoms with Crippen molar-refractivity contribution < 1.29 is 9.53 Å². The van der Waals surface area contributed by atoms with Crippen LogP contribution in [0.1, 0.15) is 18.0 Å². The van der Waals surface area contributed by atoms with E-state index in [2.05, 4.69) is 10.6 Å². The maximum Gasteiger partial charge on any atom is 0.234 e. The zero-order valence-electron chi connectivity index (χ0n) is 10.0. The molecule has 1 aliphatic heterocycles. The molecule has 6 heteroatoms. The summed E-state index contributed by atoms with van der Waals surface area (Å²) in [4.78, 5) is 11.6. The highest BCUT2D eigenvalue weighted by Crippen LogP contribution is 2.37. The largest absolute Gasteiger partial charge is 0.492 e. The van der Waals surface area contributed by atoms with Crippen LogP contribution < -0.4 is 15.4 Å². The first kappa shape index (κ1) is 15.1. The Morgan fingerprint density at radius 2 is 2.33 bits per heavy atom. The van der Waals surface area contributed by atoms with Crippen LogP contribution in [0.3, 0.4) is 0 Å². The second-order valence-electron chi connectivity index (χ2n) is 3.95. The summed E-state index contributed by atoms with van der Waals surface area (Å²) < 4.78 is 5.53. The Kier molecular flexibility index (Phi) is 5.72. The van der Waals surface area contributed by atoms with Crippen molar-refractivity contribution in [3.63, 3.8) is 0 Å². The van der Waals surface area contributed by atoms with Gasteiger partial charge in [-0.05, 0) is 13.1 Å². The van der Waals surface area contributed by atoms with E-state index in [9.17, 15) is 4.79 Å². The van der Waals surface area contributed by atoms with E-state index in [1.807, 2.05) is 12.1 Å². The molecule has 0 saturated heterocycles. The average molecular weight is 291 g/mol. The Labute approximate surface area is 117 Å². The lowest BCUT2D eigenvalue weighted by Gasteiger charge is -2.27. The minimum absolute atomic E-state index is 0. The number of amides is 1. The number of ether oxygens (including phenoxy) is 1. The molecule has 0 bridgehead atoms. The zero-order chi connectivity index (χ0) is 12.3. The quantitative estimate of drug-likeness (QED) is 0.894. The maximum absolute atomic E-state index is 11.6. The molecule has 4 nitrogen and oxygen atoms in total. The van der Waals surface area contributed by atoms with Crippen molar-refractivity contribution in [3.8, 4) is 5.75 Å². The number of carbonyl (C=O) groups excluding carboxylic acids is 1. The molecule has 0 fully saturated rings. The summed E-state index contributed by atoms with van der Waals surface area (Å²) in [5.74, 6) is 0.667. The predicted molar refractivity (Wildman–Crippen MR) is 73.6 cm³/mol. The molecule has 1 amide bonds. The van der Waals surface area contributed by atoms with E-state index in [1.165, 1.54) is 0 Å². The predicted octanol–water partition coefficient (Wildman–Crippen LogP) is 1.92. The molecule has 1 heterocycles. The van der Waals surface area contributed by atoms with Gasteiger partial charge in [0.1, 0.15) is 5.75 Å². The molecule has 2 N–H and O–H groups in total. The normalized spacial score (nSPS) is 17.1. The molecule has 2 rings (SSSR count). The van der Waals surface area contributed by atoms with Crippen LogP contribution in [0.5, 0.6) is 5.75 Å². The van der Waals surface area contributed by atoms with Gasteiger partial charge in [-0.3, -0.25) is 4.79 Å². The summed E-state index contributed by atoms with van der Waals surface area (Å²) in [6.07, 6.45) is 0.767. The first-order valence-corrected chi connectivity index (χ1v) is 5.95. The number of nitrogens with one attached hydrogen (secondary N) is 2. The van der Waals surface area contributed by atoms with Gasteiger partial charge in [-0.15, -0.1) is 12.4 Å². The van der Waals surface area contributed by atoms with E-state index in [4.69, 9.17) is 16.3 Å². The van der Waals surface area contributed by atoms with E-state index in [0.717, 1.165) is 12.0 Å². The molecule has 100 valence electrons. The van der Waals surface area contributed by atoms with Crippen molar-refractivity contribution in [1.82, 2.24) is 10.6 Å². The molecule has 1 atom stereocenters. The number of rotatable bonds is 3. The maximum atomic E-state index is 11.6. The van der Waals surface area contributed by atoms with Crippen molar-refractivity contribution in [2.24, 2.45) is 0 Å². The zero-order valence-corrected chi connectivity index (χ0v) is 11.6. The fourth-order valence-corrected chi connectivity index (χ4v) is 2.18.